The molecule has 1 heterocycles. The molecule has 1 aromatic rings. The summed E-state index contributed by atoms with van der Waals surface area (Å²) in [6.45, 7) is 6.54. The number of rotatable bonds is 10. The number of hydrogen-bond acceptors (Lipinski definition) is 7. The number of thioether (sulfide) groups is 1. The molecule has 0 saturated carbocycles. The van der Waals surface area contributed by atoms with Crippen LogP contribution in [-0.4, -0.2) is 43.5 Å². The topological polar surface area (TPSA) is 83.4 Å². The van der Waals surface area contributed by atoms with Crippen LogP contribution in [0.3, 0.4) is 0 Å². The Kier molecular flexibility index (Phi) is 9.43. The van der Waals surface area contributed by atoms with Crippen molar-refractivity contribution in [2.24, 2.45) is 10.2 Å². The molecule has 0 spiro atoms. The van der Waals surface area contributed by atoms with Gasteiger partial charge in [0, 0.05) is 24.9 Å². The highest BCUT2D eigenvalue weighted by atomic mass is 32.2. The molecule has 1 saturated heterocycles. The molecule has 1 aliphatic rings. The van der Waals surface area contributed by atoms with Gasteiger partial charge in [-0.3, -0.25) is 10.1 Å². The van der Waals surface area contributed by atoms with Crippen LogP contribution in [0.2, 0.25) is 0 Å². The fraction of sp³-hybridized carbons (Fsp3) is 0.429. The zero-order valence-corrected chi connectivity index (χ0v) is 18.0. The molecule has 156 valence electrons. The molecular formula is C21H28N4O3S. The molecule has 8 heteroatoms. The third kappa shape index (κ3) is 7.38. The van der Waals surface area contributed by atoms with Gasteiger partial charge >= 0.3 is 5.97 Å². The lowest BCUT2D eigenvalue weighted by Gasteiger charge is -2.24. The van der Waals surface area contributed by atoms with Crippen LogP contribution >= 0.6 is 11.8 Å². The van der Waals surface area contributed by atoms with Gasteiger partial charge in [0.2, 0.25) is 0 Å². The Morgan fingerprint density at radius 3 is 2.41 bits per heavy atom. The van der Waals surface area contributed by atoms with Crippen LogP contribution in [0.5, 0.6) is 0 Å². The van der Waals surface area contributed by atoms with Crippen molar-refractivity contribution in [3.05, 3.63) is 40.8 Å². The van der Waals surface area contributed by atoms with Gasteiger partial charge in [-0.05, 0) is 42.3 Å². The normalized spacial score (nSPS) is 16.6. The number of nitrogens with zero attached hydrogens (tertiary/aromatic N) is 3. The van der Waals surface area contributed by atoms with Crippen LogP contribution in [0.4, 0.5) is 5.69 Å². The number of ether oxygens (including phenoxy) is 1. The van der Waals surface area contributed by atoms with Crippen LogP contribution in [0.1, 0.15) is 45.1 Å². The summed E-state index contributed by atoms with van der Waals surface area (Å²) in [5.74, 6) is -0.975. The van der Waals surface area contributed by atoms with Gasteiger partial charge in [-0.25, -0.2) is 4.79 Å². The Bertz CT molecular complexity index is 780. The van der Waals surface area contributed by atoms with E-state index in [1.807, 2.05) is 12.1 Å². The molecule has 1 aliphatic heterocycles. The second kappa shape index (κ2) is 12.1. The van der Waals surface area contributed by atoms with E-state index in [0.29, 0.717) is 5.17 Å². The van der Waals surface area contributed by atoms with E-state index in [4.69, 9.17) is 0 Å². The van der Waals surface area contributed by atoms with E-state index < -0.39 is 11.9 Å². The molecule has 0 atom stereocenters. The predicted octanol–water partition coefficient (Wildman–Crippen LogP) is 3.70. The zero-order chi connectivity index (χ0) is 21.1. The van der Waals surface area contributed by atoms with E-state index in [2.05, 4.69) is 51.1 Å². The minimum atomic E-state index is -0.584. The minimum absolute atomic E-state index is 0.231. The van der Waals surface area contributed by atoms with Crippen molar-refractivity contribution in [1.82, 2.24) is 5.32 Å². The summed E-state index contributed by atoms with van der Waals surface area (Å²) in [6.07, 6.45) is 7.49. The number of amidine groups is 1. The lowest BCUT2D eigenvalue weighted by molar-refractivity contribution is -0.135. The first-order chi connectivity index (χ1) is 14.1. The first kappa shape index (κ1) is 22.7. The van der Waals surface area contributed by atoms with Gasteiger partial charge < -0.3 is 9.64 Å². The largest absolute Gasteiger partial charge is 0.466 e. The van der Waals surface area contributed by atoms with E-state index in [9.17, 15) is 9.59 Å². The van der Waals surface area contributed by atoms with Crippen molar-refractivity contribution in [3.63, 3.8) is 0 Å². The highest BCUT2D eigenvalue weighted by molar-refractivity contribution is 8.18. The maximum absolute atomic E-state index is 11.8. The summed E-state index contributed by atoms with van der Waals surface area (Å²) in [7, 11) is 1.26. The van der Waals surface area contributed by atoms with E-state index in [0.717, 1.165) is 36.5 Å². The molecule has 0 bridgehead atoms. The third-order valence-electron chi connectivity index (χ3n) is 4.28. The molecule has 1 amide bonds. The Morgan fingerprint density at radius 2 is 1.83 bits per heavy atom. The van der Waals surface area contributed by atoms with Gasteiger partial charge in [-0.2, -0.15) is 5.10 Å². The number of esters is 1. The summed E-state index contributed by atoms with van der Waals surface area (Å²) in [4.78, 5) is 25.7. The van der Waals surface area contributed by atoms with Crippen LogP contribution in [0, 0.1) is 0 Å². The summed E-state index contributed by atoms with van der Waals surface area (Å²) in [6, 6.07) is 8.21. The molecule has 1 fully saturated rings. The molecule has 0 radical (unpaired) electrons. The second-order valence-electron chi connectivity index (χ2n) is 6.52. The summed E-state index contributed by atoms with van der Waals surface area (Å²) >= 11 is 1.05. The SMILES string of the molecule is CCCCN(CCCC)c1ccc(C=N/N=C2/NC(=O)/C(=C\C(=O)OC)S2)cc1. The van der Waals surface area contributed by atoms with Gasteiger partial charge in [-0.1, -0.05) is 38.8 Å². The maximum atomic E-state index is 11.8. The van der Waals surface area contributed by atoms with E-state index >= 15 is 0 Å². The molecule has 0 aromatic heterocycles. The van der Waals surface area contributed by atoms with Crippen LogP contribution in [0.25, 0.3) is 0 Å². The van der Waals surface area contributed by atoms with Crippen molar-refractivity contribution in [2.45, 2.75) is 39.5 Å². The van der Waals surface area contributed by atoms with Crippen molar-refractivity contribution >= 4 is 40.7 Å². The third-order valence-corrected chi connectivity index (χ3v) is 5.18. The van der Waals surface area contributed by atoms with E-state index in [1.54, 1.807) is 6.21 Å². The number of carbonyl (C=O) groups is 2. The number of hydrogen-bond donors (Lipinski definition) is 1. The van der Waals surface area contributed by atoms with Crippen LogP contribution in [0.15, 0.2) is 45.4 Å². The molecule has 0 unspecified atom stereocenters. The fourth-order valence-electron chi connectivity index (χ4n) is 2.63. The highest BCUT2D eigenvalue weighted by Crippen LogP contribution is 2.23. The van der Waals surface area contributed by atoms with Crippen molar-refractivity contribution in [2.75, 3.05) is 25.1 Å². The quantitative estimate of drug-likeness (QED) is 0.272. The van der Waals surface area contributed by atoms with Crippen molar-refractivity contribution in [1.29, 1.82) is 0 Å². The first-order valence-electron chi connectivity index (χ1n) is 9.82. The number of amides is 1. The standard InChI is InChI=1S/C21H28N4O3S/c1-4-6-12-25(13-7-5-2)17-10-8-16(9-11-17)15-22-24-21-23-20(27)18(29-21)14-19(26)28-3/h8-11,14-15H,4-7,12-13H2,1-3H3,(H,23,24,27)/b18-14+,22-15?. The first-order valence-corrected chi connectivity index (χ1v) is 10.6. The Morgan fingerprint density at radius 1 is 1.17 bits per heavy atom. The number of benzene rings is 1. The number of carbonyl (C=O) groups excluding carboxylic acids is 2. The van der Waals surface area contributed by atoms with Gasteiger partial charge in [-0.15, -0.1) is 5.10 Å². The molecule has 1 aromatic carbocycles. The average Bonchev–Trinajstić information content (AvgIpc) is 3.07. The zero-order valence-electron chi connectivity index (χ0n) is 17.2. The van der Waals surface area contributed by atoms with Gasteiger partial charge in [0.15, 0.2) is 5.17 Å². The number of methoxy groups -OCH3 is 1. The monoisotopic (exact) mass is 416 g/mol. The van der Waals surface area contributed by atoms with E-state index in [-0.39, 0.29) is 4.91 Å². The highest BCUT2D eigenvalue weighted by Gasteiger charge is 2.24. The minimum Gasteiger partial charge on any atom is -0.466 e. The molecule has 0 aliphatic carbocycles. The smallest absolute Gasteiger partial charge is 0.331 e. The summed E-state index contributed by atoms with van der Waals surface area (Å²) < 4.78 is 4.52. The van der Waals surface area contributed by atoms with Gasteiger partial charge in [0.05, 0.1) is 18.2 Å². The Labute approximate surface area is 176 Å². The molecular weight excluding hydrogens is 388 g/mol. The molecule has 29 heavy (non-hydrogen) atoms. The fourth-order valence-corrected chi connectivity index (χ4v) is 3.37. The van der Waals surface area contributed by atoms with Crippen molar-refractivity contribution in [3.8, 4) is 0 Å². The molecule has 2 rings (SSSR count). The van der Waals surface area contributed by atoms with Crippen LogP contribution < -0.4 is 10.2 Å². The lowest BCUT2D eigenvalue weighted by atomic mass is 10.2. The summed E-state index contributed by atoms with van der Waals surface area (Å²) in [5, 5.41) is 10.9. The second-order valence-corrected chi connectivity index (χ2v) is 7.55. The predicted molar refractivity (Wildman–Crippen MR) is 119 cm³/mol. The maximum Gasteiger partial charge on any atom is 0.331 e. The molecule has 7 nitrogen and oxygen atoms in total. The summed E-state index contributed by atoms with van der Waals surface area (Å²) in [5.41, 5.74) is 2.13. The van der Waals surface area contributed by atoms with Crippen LogP contribution in [-0.2, 0) is 14.3 Å². The Balaban J connectivity index is 1.99. The van der Waals surface area contributed by atoms with Gasteiger partial charge in [0.1, 0.15) is 0 Å². The van der Waals surface area contributed by atoms with Gasteiger partial charge in [0.25, 0.3) is 5.91 Å². The number of anilines is 1. The Hall–Kier alpha value is -2.61. The lowest BCUT2D eigenvalue weighted by Crippen LogP contribution is -2.25. The number of nitrogens with one attached hydrogen (secondary N) is 1. The average molecular weight is 417 g/mol. The van der Waals surface area contributed by atoms with E-state index in [1.165, 1.54) is 38.5 Å². The number of unbranched alkanes of at least 4 members (excludes halogenated alkanes) is 2. The molecule has 1 N–H and O–H groups in total. The van der Waals surface area contributed by atoms with Crippen molar-refractivity contribution < 1.29 is 14.3 Å².